The molecule has 3 aliphatic rings. The van der Waals surface area contributed by atoms with Crippen molar-refractivity contribution in [3.8, 4) is 0 Å². The molecule has 1 N–H and O–H groups in total. The van der Waals surface area contributed by atoms with Gasteiger partial charge in [0.05, 0.1) is 32.8 Å². The Morgan fingerprint density at radius 1 is 1.06 bits per heavy atom. The van der Waals surface area contributed by atoms with Gasteiger partial charge in [-0.2, -0.15) is 0 Å². The van der Waals surface area contributed by atoms with Crippen molar-refractivity contribution in [3.05, 3.63) is 0 Å². The van der Waals surface area contributed by atoms with Crippen LogP contribution in [0.25, 0.3) is 0 Å². The molecule has 3 heterocycles. The van der Waals surface area contributed by atoms with Crippen LogP contribution in [0.15, 0.2) is 9.98 Å². The number of aliphatic imine (C=N–C) groups is 2. The van der Waals surface area contributed by atoms with Gasteiger partial charge in [0.25, 0.3) is 0 Å². The molecule has 7 heteroatoms. The topological polar surface area (TPSA) is 61.7 Å². The molecular formula is C11H19N5O2. The van der Waals surface area contributed by atoms with Crippen LogP contribution in [0.5, 0.6) is 0 Å². The largest absolute Gasteiger partial charge is 0.379 e. The van der Waals surface area contributed by atoms with Crippen LogP contribution < -0.4 is 5.32 Å². The average Bonchev–Trinajstić information content (AvgIpc) is 2.49. The maximum Gasteiger partial charge on any atom is 0.202 e. The van der Waals surface area contributed by atoms with Gasteiger partial charge in [-0.3, -0.25) is 4.90 Å². The lowest BCUT2D eigenvalue weighted by Crippen LogP contribution is -2.51. The summed E-state index contributed by atoms with van der Waals surface area (Å²) in [6.07, 6.45) is 1.64. The van der Waals surface area contributed by atoms with Gasteiger partial charge in [-0.25, -0.2) is 9.98 Å². The van der Waals surface area contributed by atoms with Gasteiger partial charge in [-0.15, -0.1) is 0 Å². The minimum absolute atomic E-state index is 0.104. The molecule has 2 saturated heterocycles. The fourth-order valence-corrected chi connectivity index (χ4v) is 2.27. The lowest BCUT2D eigenvalue weighted by Gasteiger charge is -2.35. The van der Waals surface area contributed by atoms with Crippen molar-refractivity contribution in [2.24, 2.45) is 9.98 Å². The second kappa shape index (κ2) is 5.64. The lowest BCUT2D eigenvalue weighted by atomic mass is 10.4. The summed E-state index contributed by atoms with van der Waals surface area (Å²) in [6, 6.07) is 0. The molecular weight excluding hydrogens is 234 g/mol. The Morgan fingerprint density at radius 2 is 1.72 bits per heavy atom. The van der Waals surface area contributed by atoms with E-state index in [1.807, 2.05) is 0 Å². The number of ether oxygens (including phenoxy) is 2. The Balaban J connectivity index is 1.65. The van der Waals surface area contributed by atoms with Gasteiger partial charge >= 0.3 is 0 Å². The zero-order valence-electron chi connectivity index (χ0n) is 10.4. The molecule has 0 spiro atoms. The number of rotatable bonds is 1. The average molecular weight is 253 g/mol. The predicted octanol–water partition coefficient (Wildman–Crippen LogP) is -1.08. The molecule has 0 amide bonds. The van der Waals surface area contributed by atoms with E-state index in [4.69, 9.17) is 9.47 Å². The summed E-state index contributed by atoms with van der Waals surface area (Å²) in [5, 5.41) is 3.13. The van der Waals surface area contributed by atoms with Crippen LogP contribution in [0.1, 0.15) is 0 Å². The molecule has 2 fully saturated rings. The van der Waals surface area contributed by atoms with Crippen LogP contribution >= 0.6 is 0 Å². The van der Waals surface area contributed by atoms with Crippen LogP contribution in [-0.4, -0.2) is 81.0 Å². The molecule has 18 heavy (non-hydrogen) atoms. The highest BCUT2D eigenvalue weighted by Crippen LogP contribution is 2.10. The Kier molecular flexibility index (Phi) is 3.72. The zero-order valence-corrected chi connectivity index (χ0v) is 10.4. The Morgan fingerprint density at radius 3 is 2.44 bits per heavy atom. The van der Waals surface area contributed by atoms with Crippen molar-refractivity contribution in [3.63, 3.8) is 0 Å². The molecule has 0 aromatic rings. The van der Waals surface area contributed by atoms with Gasteiger partial charge < -0.3 is 19.7 Å². The summed E-state index contributed by atoms with van der Waals surface area (Å²) < 4.78 is 10.7. The molecule has 7 nitrogen and oxygen atoms in total. The predicted molar refractivity (Wildman–Crippen MR) is 67.6 cm³/mol. The van der Waals surface area contributed by atoms with Gasteiger partial charge in [0.1, 0.15) is 0 Å². The first-order valence-electron chi connectivity index (χ1n) is 6.44. The second-order valence-corrected chi connectivity index (χ2v) is 4.47. The molecule has 1 atom stereocenters. The third kappa shape index (κ3) is 2.63. The zero-order chi connectivity index (χ0) is 12.2. The van der Waals surface area contributed by atoms with Crippen LogP contribution in [0.2, 0.25) is 0 Å². The van der Waals surface area contributed by atoms with Gasteiger partial charge in [0.2, 0.25) is 12.2 Å². The summed E-state index contributed by atoms with van der Waals surface area (Å²) >= 11 is 0. The molecule has 0 radical (unpaired) electrons. The van der Waals surface area contributed by atoms with Gasteiger partial charge in [-0.1, -0.05) is 0 Å². The van der Waals surface area contributed by atoms with E-state index >= 15 is 0 Å². The lowest BCUT2D eigenvalue weighted by molar-refractivity contribution is 0.0190. The van der Waals surface area contributed by atoms with Gasteiger partial charge in [-0.05, 0) is 0 Å². The molecule has 0 saturated carbocycles. The van der Waals surface area contributed by atoms with E-state index in [2.05, 4.69) is 25.1 Å². The minimum Gasteiger partial charge on any atom is -0.379 e. The molecule has 3 rings (SSSR count). The fourth-order valence-electron chi connectivity index (χ4n) is 2.27. The first-order valence-corrected chi connectivity index (χ1v) is 6.44. The summed E-state index contributed by atoms with van der Waals surface area (Å²) in [5.41, 5.74) is 0. The van der Waals surface area contributed by atoms with Crippen molar-refractivity contribution in [1.82, 2.24) is 15.1 Å². The van der Waals surface area contributed by atoms with E-state index in [-0.39, 0.29) is 6.29 Å². The first-order chi connectivity index (χ1) is 8.93. The number of guanidine groups is 1. The molecule has 100 valence electrons. The van der Waals surface area contributed by atoms with Gasteiger partial charge in [0.15, 0.2) is 0 Å². The quantitative estimate of drug-likeness (QED) is 0.644. The Labute approximate surface area is 106 Å². The number of nitrogens with zero attached hydrogens (tertiary/aromatic N) is 4. The van der Waals surface area contributed by atoms with Crippen LogP contribution in [0.3, 0.4) is 0 Å². The van der Waals surface area contributed by atoms with Gasteiger partial charge in [0, 0.05) is 26.2 Å². The number of hydrogen-bond donors (Lipinski definition) is 1. The molecule has 0 aromatic heterocycles. The summed E-state index contributed by atoms with van der Waals surface area (Å²) in [5.74, 6) is 0.907. The Hall–Kier alpha value is -1.18. The monoisotopic (exact) mass is 253 g/mol. The van der Waals surface area contributed by atoms with E-state index in [0.717, 1.165) is 58.6 Å². The SMILES string of the molecule is C1=NC(N2CCOCC2)N=C(N2CCOCC2)N1. The molecule has 3 aliphatic heterocycles. The molecule has 0 aromatic carbocycles. The summed E-state index contributed by atoms with van der Waals surface area (Å²) in [4.78, 5) is 13.5. The smallest absolute Gasteiger partial charge is 0.202 e. The fraction of sp³-hybridized carbons (Fsp3) is 0.818. The van der Waals surface area contributed by atoms with Crippen molar-refractivity contribution in [2.45, 2.75) is 6.29 Å². The first kappa shape index (κ1) is 11.9. The number of morpholine rings is 2. The van der Waals surface area contributed by atoms with Crippen LogP contribution in [0.4, 0.5) is 0 Å². The van der Waals surface area contributed by atoms with E-state index in [1.165, 1.54) is 0 Å². The highest BCUT2D eigenvalue weighted by atomic mass is 16.5. The standard InChI is InChI=1S/C11H19N5O2/c1-5-17-6-2-15(1)10-12-9-13-11(14-10)16-3-7-18-8-4-16/h9-10H,1-8H2,(H,12,13,14). The van der Waals surface area contributed by atoms with Crippen molar-refractivity contribution >= 4 is 12.3 Å². The molecule has 0 bridgehead atoms. The highest BCUT2D eigenvalue weighted by Gasteiger charge is 2.24. The minimum atomic E-state index is -0.104. The van der Waals surface area contributed by atoms with E-state index in [9.17, 15) is 0 Å². The second-order valence-electron chi connectivity index (χ2n) is 4.47. The van der Waals surface area contributed by atoms with Crippen LogP contribution in [0, 0.1) is 0 Å². The third-order valence-electron chi connectivity index (χ3n) is 3.32. The van der Waals surface area contributed by atoms with Crippen LogP contribution in [-0.2, 0) is 9.47 Å². The summed E-state index contributed by atoms with van der Waals surface area (Å²) in [6.45, 7) is 6.61. The highest BCUT2D eigenvalue weighted by molar-refractivity contribution is 5.91. The maximum atomic E-state index is 5.35. The summed E-state index contributed by atoms with van der Waals surface area (Å²) in [7, 11) is 0. The van der Waals surface area contributed by atoms with E-state index in [1.54, 1.807) is 6.34 Å². The van der Waals surface area contributed by atoms with Crippen molar-refractivity contribution < 1.29 is 9.47 Å². The van der Waals surface area contributed by atoms with E-state index < -0.39 is 0 Å². The molecule has 1 unspecified atom stereocenters. The number of hydrogen-bond acceptors (Lipinski definition) is 7. The normalized spacial score (nSPS) is 29.9. The third-order valence-corrected chi connectivity index (χ3v) is 3.32. The maximum absolute atomic E-state index is 5.35. The van der Waals surface area contributed by atoms with Crippen molar-refractivity contribution in [1.29, 1.82) is 0 Å². The van der Waals surface area contributed by atoms with E-state index in [0.29, 0.717) is 0 Å². The molecule has 0 aliphatic carbocycles. The Bertz CT molecular complexity index is 334. The number of nitrogens with one attached hydrogen (secondary N) is 1. The van der Waals surface area contributed by atoms with Crippen molar-refractivity contribution in [2.75, 3.05) is 52.6 Å².